The van der Waals surface area contributed by atoms with Crippen molar-refractivity contribution >= 4 is 34.0 Å². The fourth-order valence-corrected chi connectivity index (χ4v) is 4.81. The van der Waals surface area contributed by atoms with Crippen molar-refractivity contribution < 1.29 is 30.9 Å². The van der Waals surface area contributed by atoms with Crippen molar-refractivity contribution in [1.29, 1.82) is 0 Å². The van der Waals surface area contributed by atoms with Crippen molar-refractivity contribution in [2.45, 2.75) is 38.0 Å². The summed E-state index contributed by atoms with van der Waals surface area (Å²) in [5.41, 5.74) is 0.0356. The van der Waals surface area contributed by atoms with Crippen LogP contribution in [0.3, 0.4) is 0 Å². The lowest BCUT2D eigenvalue weighted by Crippen LogP contribution is -2.49. The van der Waals surface area contributed by atoms with Crippen LogP contribution in [0.25, 0.3) is 10.6 Å². The number of benzene rings is 1. The summed E-state index contributed by atoms with van der Waals surface area (Å²) in [6.07, 6.45) is 1.11. The maximum absolute atomic E-state index is 14.7. The molecule has 36 heavy (non-hydrogen) atoms. The highest BCUT2D eigenvalue weighted by atomic mass is 32.2. The van der Waals surface area contributed by atoms with Crippen LogP contribution < -0.4 is 20.1 Å². The van der Waals surface area contributed by atoms with Crippen molar-refractivity contribution in [2.24, 2.45) is 0 Å². The van der Waals surface area contributed by atoms with Crippen molar-refractivity contribution in [1.82, 2.24) is 20.3 Å². The Morgan fingerprint density at radius 3 is 2.75 bits per heavy atom. The first-order valence-electron chi connectivity index (χ1n) is 10.6. The van der Waals surface area contributed by atoms with Gasteiger partial charge in [-0.25, -0.2) is 32.3 Å². The first-order valence-corrected chi connectivity index (χ1v) is 12.6. The Bertz CT molecular complexity index is 1280. The van der Waals surface area contributed by atoms with Gasteiger partial charge in [-0.1, -0.05) is 0 Å². The monoisotopic (exact) mass is 548 g/mol. The second-order valence-electron chi connectivity index (χ2n) is 7.98. The van der Waals surface area contributed by atoms with Gasteiger partial charge in [0.15, 0.2) is 16.8 Å². The van der Waals surface area contributed by atoms with Crippen LogP contribution >= 0.6 is 11.3 Å². The van der Waals surface area contributed by atoms with Crippen LogP contribution in [-0.4, -0.2) is 50.0 Å². The smallest absolute Gasteiger partial charge is 0.330 e. The number of ether oxygens (including phenoxy) is 1. The van der Waals surface area contributed by atoms with Gasteiger partial charge in [0.05, 0.1) is 22.9 Å². The first kappa shape index (κ1) is 26.2. The summed E-state index contributed by atoms with van der Waals surface area (Å²) in [5.74, 6) is -6.59. The van der Waals surface area contributed by atoms with Gasteiger partial charge in [0.2, 0.25) is 11.8 Å². The van der Waals surface area contributed by atoms with Gasteiger partial charge in [0.1, 0.15) is 10.6 Å². The lowest BCUT2D eigenvalue weighted by molar-refractivity contribution is -0.0244. The molecule has 1 aliphatic heterocycles. The SMILES string of the molecule is Cc1nc(Oc2ccc(NS(=O)C(F)F)c(F)c2C)c(-c2ccnc(NC3CNCC(F)(F)C3)n2)s1. The maximum Gasteiger partial charge on any atom is 0.330 e. The summed E-state index contributed by atoms with van der Waals surface area (Å²) in [6, 6.07) is 3.50. The third kappa shape index (κ3) is 6.07. The molecule has 0 spiro atoms. The van der Waals surface area contributed by atoms with Crippen molar-refractivity contribution in [3.8, 4) is 22.2 Å². The third-order valence-electron chi connectivity index (χ3n) is 5.16. The Morgan fingerprint density at radius 2 is 2.03 bits per heavy atom. The molecule has 3 N–H and O–H groups in total. The zero-order valence-corrected chi connectivity index (χ0v) is 20.6. The third-order valence-corrected chi connectivity index (χ3v) is 6.88. The van der Waals surface area contributed by atoms with Gasteiger partial charge in [-0.15, -0.1) is 11.3 Å². The van der Waals surface area contributed by atoms with Gasteiger partial charge < -0.3 is 15.4 Å². The van der Waals surface area contributed by atoms with Gasteiger partial charge in [0, 0.05) is 30.8 Å². The minimum Gasteiger partial charge on any atom is -0.437 e. The number of hydrogen-bond donors (Lipinski definition) is 3. The molecule has 1 fully saturated rings. The van der Waals surface area contributed by atoms with Gasteiger partial charge in [0.25, 0.3) is 5.92 Å². The Morgan fingerprint density at radius 1 is 1.25 bits per heavy atom. The molecule has 2 atom stereocenters. The van der Waals surface area contributed by atoms with E-state index in [1.807, 2.05) is 4.72 Å². The highest BCUT2D eigenvalue weighted by molar-refractivity contribution is 7.86. The average Bonchev–Trinajstić information content (AvgIpc) is 3.18. The van der Waals surface area contributed by atoms with E-state index in [1.165, 1.54) is 30.5 Å². The highest BCUT2D eigenvalue weighted by Gasteiger charge is 2.36. The number of rotatable bonds is 8. The molecule has 0 radical (unpaired) electrons. The molecular weight excluding hydrogens is 527 g/mol. The molecule has 3 heterocycles. The number of piperidine rings is 1. The summed E-state index contributed by atoms with van der Waals surface area (Å²) in [4.78, 5) is 13.3. The van der Waals surface area contributed by atoms with Crippen LogP contribution in [0.15, 0.2) is 24.4 Å². The minimum atomic E-state index is -3.18. The van der Waals surface area contributed by atoms with Gasteiger partial charge in [-0.2, -0.15) is 8.78 Å². The summed E-state index contributed by atoms with van der Waals surface area (Å²) in [5, 5.41) is 6.21. The largest absolute Gasteiger partial charge is 0.437 e. The Kier molecular flexibility index (Phi) is 7.70. The van der Waals surface area contributed by atoms with E-state index in [9.17, 15) is 26.2 Å². The lowest BCUT2D eigenvalue weighted by Gasteiger charge is -2.30. The number of anilines is 2. The standard InChI is InChI=1S/C21H21F5N6O2S2/c1-10-15(4-3-13(16(10)22)32-36(33)19(23)24)34-18-17(35-11(2)29-18)14-5-6-28-20(31-14)30-12-7-21(25,26)9-27-8-12/h3-6,12,19,27,32H,7-9H2,1-2H3,(H,28,30,31). The predicted octanol–water partition coefficient (Wildman–Crippen LogP) is 4.86. The van der Waals surface area contributed by atoms with Crippen LogP contribution in [0.2, 0.25) is 0 Å². The molecule has 0 aliphatic carbocycles. The van der Waals surface area contributed by atoms with E-state index in [0.29, 0.717) is 22.1 Å². The molecule has 1 saturated heterocycles. The normalized spacial score (nSPS) is 18.2. The number of thiazole rings is 1. The second-order valence-corrected chi connectivity index (χ2v) is 10.3. The van der Waals surface area contributed by atoms with E-state index < -0.39 is 34.5 Å². The van der Waals surface area contributed by atoms with Gasteiger partial charge in [-0.3, -0.25) is 4.72 Å². The molecule has 1 aromatic carbocycles. The molecule has 2 unspecified atom stereocenters. The second kappa shape index (κ2) is 10.6. The number of nitrogens with zero attached hydrogens (tertiary/aromatic N) is 3. The zero-order chi connectivity index (χ0) is 26.0. The van der Waals surface area contributed by atoms with E-state index in [2.05, 4.69) is 25.6 Å². The van der Waals surface area contributed by atoms with Crippen LogP contribution in [0.4, 0.5) is 33.6 Å². The summed E-state index contributed by atoms with van der Waals surface area (Å²) in [7, 11) is -2.76. The Labute approximate surface area is 209 Å². The average molecular weight is 549 g/mol. The molecule has 4 rings (SSSR count). The van der Waals surface area contributed by atoms with Crippen LogP contribution in [0.5, 0.6) is 11.6 Å². The van der Waals surface area contributed by atoms with E-state index in [4.69, 9.17) is 4.74 Å². The molecular formula is C21H21F5N6O2S2. The lowest BCUT2D eigenvalue weighted by atomic mass is 10.0. The molecule has 3 aromatic rings. The van der Waals surface area contributed by atoms with E-state index in [0.717, 1.165) is 6.07 Å². The van der Waals surface area contributed by atoms with E-state index in [1.54, 1.807) is 13.0 Å². The zero-order valence-electron chi connectivity index (χ0n) is 18.9. The molecule has 2 aromatic heterocycles. The van der Waals surface area contributed by atoms with Gasteiger partial charge >= 0.3 is 5.76 Å². The minimum absolute atomic E-state index is 0.0151. The number of hydrogen-bond acceptors (Lipinski definition) is 8. The molecule has 194 valence electrons. The fourth-order valence-electron chi connectivity index (χ4n) is 3.53. The predicted molar refractivity (Wildman–Crippen MR) is 127 cm³/mol. The van der Waals surface area contributed by atoms with Crippen molar-refractivity contribution in [2.75, 3.05) is 23.1 Å². The number of aromatic nitrogens is 3. The number of nitrogens with one attached hydrogen (secondary N) is 3. The van der Waals surface area contributed by atoms with Crippen LogP contribution in [-0.2, 0) is 11.0 Å². The summed E-state index contributed by atoms with van der Waals surface area (Å²) >= 11 is 1.25. The Hall–Kier alpha value is -2.91. The van der Waals surface area contributed by atoms with Crippen LogP contribution in [0.1, 0.15) is 17.0 Å². The molecule has 0 amide bonds. The van der Waals surface area contributed by atoms with Crippen LogP contribution in [0, 0.1) is 19.7 Å². The summed E-state index contributed by atoms with van der Waals surface area (Å²) < 4.78 is 86.3. The fraction of sp³-hybridized carbons (Fsp3) is 0.381. The molecule has 15 heteroatoms. The van der Waals surface area contributed by atoms with E-state index >= 15 is 0 Å². The van der Waals surface area contributed by atoms with Crippen molar-refractivity contribution in [3.05, 3.63) is 40.8 Å². The molecule has 8 nitrogen and oxygen atoms in total. The number of halogens is 5. The first-order chi connectivity index (χ1) is 17.0. The molecule has 0 saturated carbocycles. The number of alkyl halides is 4. The summed E-state index contributed by atoms with van der Waals surface area (Å²) in [6.45, 7) is 3.06. The Balaban J connectivity index is 1.56. The number of aryl methyl sites for hydroxylation is 1. The topological polar surface area (TPSA) is 101 Å². The quantitative estimate of drug-likeness (QED) is 0.346. The van der Waals surface area contributed by atoms with Crippen molar-refractivity contribution in [3.63, 3.8) is 0 Å². The van der Waals surface area contributed by atoms with E-state index in [-0.39, 0.29) is 41.8 Å². The highest BCUT2D eigenvalue weighted by Crippen LogP contribution is 2.39. The maximum atomic E-state index is 14.7. The van der Waals surface area contributed by atoms with Gasteiger partial charge in [-0.05, 0) is 32.0 Å². The molecule has 0 bridgehead atoms. The molecule has 1 aliphatic rings.